The first-order valence-electron chi connectivity index (χ1n) is 12.2. The van der Waals surface area contributed by atoms with E-state index in [1.165, 1.54) is 33.1 Å². The summed E-state index contributed by atoms with van der Waals surface area (Å²) in [6.45, 7) is 10.9. The number of hydrogen-bond acceptors (Lipinski definition) is 4. The lowest BCUT2D eigenvalue weighted by Gasteiger charge is -2.45. The molecule has 0 saturated heterocycles. The molecule has 2 aliphatic rings. The lowest BCUT2D eigenvalue weighted by molar-refractivity contribution is 0.0832. The van der Waals surface area contributed by atoms with Crippen molar-refractivity contribution >= 4 is 44.8 Å². The van der Waals surface area contributed by atoms with E-state index in [9.17, 15) is 0 Å². The third-order valence-electron chi connectivity index (χ3n) is 7.98. The number of ether oxygens (including phenoxy) is 1. The van der Waals surface area contributed by atoms with Gasteiger partial charge in [0.25, 0.3) is 0 Å². The molecule has 34 heavy (non-hydrogen) atoms. The van der Waals surface area contributed by atoms with E-state index in [1.54, 1.807) is 0 Å². The van der Waals surface area contributed by atoms with Crippen LogP contribution in [0.2, 0.25) is 0 Å². The third-order valence-corrected chi connectivity index (χ3v) is 7.98. The molecular weight excluding hydrogens is 418 g/mol. The molecule has 2 aliphatic heterocycles. The van der Waals surface area contributed by atoms with Gasteiger partial charge in [-0.1, -0.05) is 54.6 Å². The minimum atomic E-state index is -0.713. The fourth-order valence-corrected chi connectivity index (χ4v) is 6.12. The predicted molar refractivity (Wildman–Crippen MR) is 144 cm³/mol. The summed E-state index contributed by atoms with van der Waals surface area (Å²) in [7, 11) is 2.13. The maximum absolute atomic E-state index is 7.08. The van der Waals surface area contributed by atoms with Crippen LogP contribution in [-0.2, 0) is 5.41 Å². The predicted octanol–water partition coefficient (Wildman–Crippen LogP) is 7.06. The molecule has 0 radical (unpaired) electrons. The van der Waals surface area contributed by atoms with E-state index in [2.05, 4.69) is 111 Å². The molecule has 0 fully saturated rings. The van der Waals surface area contributed by atoms with E-state index in [0.29, 0.717) is 0 Å². The second-order valence-electron chi connectivity index (χ2n) is 9.88. The molecule has 0 N–H and O–H groups in total. The topological polar surface area (TPSA) is 28.1 Å². The minimum Gasteiger partial charge on any atom is -0.459 e. The molecule has 4 nitrogen and oxygen atoms in total. The Morgan fingerprint density at radius 3 is 2.29 bits per heavy atom. The van der Waals surface area contributed by atoms with Crippen LogP contribution in [0.3, 0.4) is 0 Å². The molecule has 0 bridgehead atoms. The van der Waals surface area contributed by atoms with Crippen LogP contribution in [0.15, 0.2) is 71.7 Å². The van der Waals surface area contributed by atoms with Crippen molar-refractivity contribution in [1.82, 2.24) is 0 Å². The average Bonchev–Trinajstić information content (AvgIpc) is 3.02. The van der Waals surface area contributed by atoms with Gasteiger partial charge in [-0.05, 0) is 50.1 Å². The number of anilines is 2. The van der Waals surface area contributed by atoms with Crippen molar-refractivity contribution in [3.05, 3.63) is 72.3 Å². The molecule has 2 heterocycles. The molecule has 0 saturated carbocycles. The number of likely N-dealkylation sites (N-methyl/N-ethyl adjacent to an activating group) is 1. The highest BCUT2D eigenvalue weighted by Crippen LogP contribution is 2.56. The van der Waals surface area contributed by atoms with Crippen molar-refractivity contribution in [2.24, 2.45) is 4.99 Å². The molecule has 6 rings (SSSR count). The molecule has 172 valence electrons. The summed E-state index contributed by atoms with van der Waals surface area (Å²) >= 11 is 0. The monoisotopic (exact) mass is 449 g/mol. The number of benzene rings is 4. The second-order valence-corrected chi connectivity index (χ2v) is 9.88. The molecule has 1 unspecified atom stereocenters. The van der Waals surface area contributed by atoms with Crippen molar-refractivity contribution in [2.45, 2.75) is 38.8 Å². The van der Waals surface area contributed by atoms with Crippen molar-refractivity contribution in [2.75, 3.05) is 29.9 Å². The Morgan fingerprint density at radius 2 is 1.56 bits per heavy atom. The van der Waals surface area contributed by atoms with Crippen LogP contribution in [0.4, 0.5) is 17.1 Å². The Bertz CT molecular complexity index is 1470. The standard InChI is InChI=1S/C30H31N3O/c1-6-33(7-2)25-18-26-28(23-15-11-10-14-22(23)25)31-19-30(34-26)29(3,4)27-21-13-9-8-12-20(21)16-17-24(27)32(30)5/h8-19H,6-7H2,1-5H3. The zero-order valence-corrected chi connectivity index (χ0v) is 20.6. The fraction of sp³-hybridized carbons (Fsp3) is 0.300. The van der Waals surface area contributed by atoms with Gasteiger partial charge in [0.15, 0.2) is 5.75 Å². The lowest BCUT2D eigenvalue weighted by atomic mass is 9.76. The number of aliphatic imine (C=N–C) groups is 1. The van der Waals surface area contributed by atoms with Gasteiger partial charge in [0, 0.05) is 48.4 Å². The second kappa shape index (κ2) is 7.23. The highest BCUT2D eigenvalue weighted by atomic mass is 16.5. The third kappa shape index (κ3) is 2.57. The van der Waals surface area contributed by atoms with Crippen LogP contribution in [0.25, 0.3) is 21.5 Å². The fourth-order valence-electron chi connectivity index (χ4n) is 6.12. The van der Waals surface area contributed by atoms with Gasteiger partial charge in [-0.2, -0.15) is 0 Å². The van der Waals surface area contributed by atoms with Gasteiger partial charge in [0.1, 0.15) is 5.69 Å². The summed E-state index contributed by atoms with van der Waals surface area (Å²) in [6.07, 6.45) is 2.04. The zero-order valence-electron chi connectivity index (χ0n) is 20.6. The molecule has 0 amide bonds. The van der Waals surface area contributed by atoms with Crippen LogP contribution in [0.5, 0.6) is 5.75 Å². The van der Waals surface area contributed by atoms with Gasteiger partial charge in [-0.15, -0.1) is 0 Å². The van der Waals surface area contributed by atoms with Crippen LogP contribution >= 0.6 is 0 Å². The van der Waals surface area contributed by atoms with Crippen LogP contribution < -0.4 is 14.5 Å². The van der Waals surface area contributed by atoms with E-state index in [4.69, 9.17) is 9.73 Å². The van der Waals surface area contributed by atoms with Gasteiger partial charge in [-0.3, -0.25) is 4.99 Å². The molecule has 0 aliphatic carbocycles. The Labute approximate surface area is 201 Å². The van der Waals surface area contributed by atoms with Gasteiger partial charge in [0.05, 0.1) is 11.6 Å². The average molecular weight is 450 g/mol. The molecule has 1 atom stereocenters. The molecule has 4 heteroatoms. The zero-order chi connectivity index (χ0) is 23.7. The normalized spacial score (nSPS) is 20.0. The SMILES string of the molecule is CCN(CC)c1cc2c(c3ccccc13)N=CC1(O2)N(C)c2ccc3ccccc3c2C1(C)C. The minimum absolute atomic E-state index is 0.319. The van der Waals surface area contributed by atoms with Crippen molar-refractivity contribution in [3.63, 3.8) is 0 Å². The van der Waals surface area contributed by atoms with Gasteiger partial charge < -0.3 is 14.5 Å². The highest BCUT2D eigenvalue weighted by molar-refractivity contribution is 6.06. The molecule has 4 aromatic carbocycles. The van der Waals surface area contributed by atoms with Crippen molar-refractivity contribution < 1.29 is 4.74 Å². The summed E-state index contributed by atoms with van der Waals surface area (Å²) in [5.41, 5.74) is 3.60. The first-order valence-corrected chi connectivity index (χ1v) is 12.2. The summed E-state index contributed by atoms with van der Waals surface area (Å²) in [6, 6.07) is 23.8. The summed E-state index contributed by atoms with van der Waals surface area (Å²) in [5, 5.41) is 4.88. The molecule has 4 aromatic rings. The largest absolute Gasteiger partial charge is 0.459 e. The maximum Gasteiger partial charge on any atom is 0.228 e. The van der Waals surface area contributed by atoms with E-state index >= 15 is 0 Å². The quantitative estimate of drug-likeness (QED) is 0.335. The molecule has 1 spiro atoms. The smallest absolute Gasteiger partial charge is 0.228 e. The van der Waals surface area contributed by atoms with Crippen molar-refractivity contribution in [3.8, 4) is 5.75 Å². The van der Waals surface area contributed by atoms with Gasteiger partial charge in [0.2, 0.25) is 5.72 Å². The Kier molecular flexibility index (Phi) is 4.47. The van der Waals surface area contributed by atoms with E-state index in [1.807, 2.05) is 6.21 Å². The van der Waals surface area contributed by atoms with Crippen LogP contribution in [0.1, 0.15) is 33.3 Å². The van der Waals surface area contributed by atoms with E-state index in [-0.39, 0.29) is 5.41 Å². The first-order chi connectivity index (χ1) is 16.4. The van der Waals surface area contributed by atoms with Crippen LogP contribution in [0, 0.1) is 0 Å². The summed E-state index contributed by atoms with van der Waals surface area (Å²) in [4.78, 5) is 9.77. The van der Waals surface area contributed by atoms with E-state index in [0.717, 1.165) is 29.9 Å². The molecular formula is C30H31N3O. The Balaban J connectivity index is 1.58. The van der Waals surface area contributed by atoms with E-state index < -0.39 is 5.72 Å². The number of nitrogens with zero attached hydrogens (tertiary/aromatic N) is 3. The number of hydrogen-bond donors (Lipinski definition) is 0. The number of rotatable bonds is 3. The Hall–Kier alpha value is -3.53. The summed E-state index contributed by atoms with van der Waals surface area (Å²) in [5.74, 6) is 0.847. The van der Waals surface area contributed by atoms with Gasteiger partial charge in [-0.25, -0.2) is 0 Å². The van der Waals surface area contributed by atoms with Crippen LogP contribution in [-0.4, -0.2) is 32.1 Å². The van der Waals surface area contributed by atoms with Gasteiger partial charge >= 0.3 is 0 Å². The number of fused-ring (bicyclic) bond motifs is 6. The van der Waals surface area contributed by atoms with Crippen molar-refractivity contribution in [1.29, 1.82) is 0 Å². The lowest BCUT2D eigenvalue weighted by Crippen LogP contribution is -2.61. The highest BCUT2D eigenvalue weighted by Gasteiger charge is 2.59. The Morgan fingerprint density at radius 1 is 0.882 bits per heavy atom. The maximum atomic E-state index is 7.08. The molecule has 0 aromatic heterocycles. The first kappa shape index (κ1) is 21.0. The summed E-state index contributed by atoms with van der Waals surface area (Å²) < 4.78 is 7.08.